The van der Waals surface area contributed by atoms with Gasteiger partial charge in [-0.15, -0.1) is 0 Å². The molecule has 0 aliphatic carbocycles. The molecule has 1 aromatic carbocycles. The summed E-state index contributed by atoms with van der Waals surface area (Å²) in [6, 6.07) is 11.1. The lowest BCUT2D eigenvalue weighted by Gasteiger charge is -2.35. The summed E-state index contributed by atoms with van der Waals surface area (Å²) < 4.78 is 26.5. The maximum absolute atomic E-state index is 13.1. The number of nitrogens with one attached hydrogen (secondary N) is 2. The van der Waals surface area contributed by atoms with Crippen LogP contribution in [0.4, 0.5) is 17.2 Å². The topological polar surface area (TPSA) is 97.9 Å². The van der Waals surface area contributed by atoms with E-state index in [1.165, 1.54) is 0 Å². The van der Waals surface area contributed by atoms with Crippen molar-refractivity contribution >= 4 is 33.1 Å². The van der Waals surface area contributed by atoms with Crippen LogP contribution in [0.25, 0.3) is 0 Å². The van der Waals surface area contributed by atoms with E-state index in [0.717, 1.165) is 43.9 Å². The molecule has 4 rings (SSSR count). The summed E-state index contributed by atoms with van der Waals surface area (Å²) in [6.07, 6.45) is 2.89. The zero-order valence-corrected chi connectivity index (χ0v) is 18.4. The summed E-state index contributed by atoms with van der Waals surface area (Å²) in [6.45, 7) is 5.81. The molecule has 2 aliphatic rings. The van der Waals surface area contributed by atoms with Gasteiger partial charge >= 0.3 is 0 Å². The molecule has 1 aromatic heterocycles. The van der Waals surface area contributed by atoms with Gasteiger partial charge in [-0.2, -0.15) is 0 Å². The number of carbonyl (C=O) groups excluding carboxylic acids is 1. The summed E-state index contributed by atoms with van der Waals surface area (Å²) >= 11 is 0. The van der Waals surface area contributed by atoms with E-state index >= 15 is 0 Å². The molecule has 3 heterocycles. The molecule has 0 radical (unpaired) electrons. The number of rotatable bonds is 5. The normalized spacial score (nSPS) is 17.5. The molecule has 0 atom stereocenters. The van der Waals surface area contributed by atoms with E-state index in [1.54, 1.807) is 18.3 Å². The lowest BCUT2D eigenvalue weighted by molar-refractivity contribution is 0.0746. The van der Waals surface area contributed by atoms with Crippen LogP contribution in [0.15, 0.2) is 42.6 Å². The number of piperazine rings is 2. The van der Waals surface area contributed by atoms with Crippen LogP contribution in [0, 0.1) is 0 Å². The second-order valence-electron chi connectivity index (χ2n) is 7.81. The minimum atomic E-state index is -3.47. The number of nitrogens with zero attached hydrogens (tertiary/aromatic N) is 4. The van der Waals surface area contributed by atoms with Gasteiger partial charge in [-0.1, -0.05) is 6.07 Å². The van der Waals surface area contributed by atoms with Crippen LogP contribution in [0.1, 0.15) is 10.4 Å². The van der Waals surface area contributed by atoms with E-state index in [0.29, 0.717) is 37.4 Å². The summed E-state index contributed by atoms with van der Waals surface area (Å²) in [5.41, 5.74) is 1.72. The second kappa shape index (κ2) is 9.11. The molecule has 2 aromatic rings. The number of pyridine rings is 1. The summed E-state index contributed by atoms with van der Waals surface area (Å²) in [5, 5.41) is 3.29. The van der Waals surface area contributed by atoms with Crippen molar-refractivity contribution in [3.05, 3.63) is 48.2 Å². The molecule has 2 N–H and O–H groups in total. The summed E-state index contributed by atoms with van der Waals surface area (Å²) in [4.78, 5) is 23.6. The second-order valence-corrected chi connectivity index (χ2v) is 9.56. The molecule has 2 saturated heterocycles. The van der Waals surface area contributed by atoms with E-state index in [9.17, 15) is 13.2 Å². The molecule has 31 heavy (non-hydrogen) atoms. The first-order chi connectivity index (χ1) is 14.9. The van der Waals surface area contributed by atoms with E-state index in [2.05, 4.69) is 24.8 Å². The van der Waals surface area contributed by atoms with Crippen LogP contribution in [0.3, 0.4) is 0 Å². The van der Waals surface area contributed by atoms with Crippen molar-refractivity contribution in [2.45, 2.75) is 0 Å². The molecule has 2 fully saturated rings. The van der Waals surface area contributed by atoms with E-state index < -0.39 is 10.0 Å². The van der Waals surface area contributed by atoms with Gasteiger partial charge in [0.15, 0.2) is 0 Å². The lowest BCUT2D eigenvalue weighted by Crippen LogP contribution is -2.49. The third kappa shape index (κ3) is 5.26. The Labute approximate surface area is 183 Å². The molecule has 0 unspecified atom stereocenters. The number of sulfonamides is 1. The van der Waals surface area contributed by atoms with Gasteiger partial charge in [-0.05, 0) is 30.3 Å². The monoisotopic (exact) mass is 444 g/mol. The Bertz CT molecular complexity index is 1020. The first-order valence-corrected chi connectivity index (χ1v) is 12.3. The molecule has 0 saturated carbocycles. The number of anilines is 3. The van der Waals surface area contributed by atoms with Crippen molar-refractivity contribution in [3.63, 3.8) is 0 Å². The SMILES string of the molecule is CS(=O)(=O)Nc1cc(C(=O)N2CCN(c3ccccn3)CC2)ccc1N1CCNCC1. The lowest BCUT2D eigenvalue weighted by atomic mass is 10.1. The highest BCUT2D eigenvalue weighted by Gasteiger charge is 2.24. The predicted molar refractivity (Wildman–Crippen MR) is 122 cm³/mol. The molecular weight excluding hydrogens is 416 g/mol. The number of hydrogen-bond donors (Lipinski definition) is 2. The largest absolute Gasteiger partial charge is 0.367 e. The van der Waals surface area contributed by atoms with Crippen molar-refractivity contribution in [2.24, 2.45) is 0 Å². The van der Waals surface area contributed by atoms with Crippen LogP contribution in [-0.4, -0.2) is 82.8 Å². The van der Waals surface area contributed by atoms with Crippen molar-refractivity contribution in [3.8, 4) is 0 Å². The number of carbonyl (C=O) groups is 1. The number of hydrogen-bond acceptors (Lipinski definition) is 7. The Balaban J connectivity index is 1.50. The first-order valence-electron chi connectivity index (χ1n) is 10.4. The Morgan fingerprint density at radius 1 is 1.00 bits per heavy atom. The maximum atomic E-state index is 13.1. The molecular formula is C21H28N6O3S. The Hall–Kier alpha value is -2.85. The fourth-order valence-electron chi connectivity index (χ4n) is 3.99. The Morgan fingerprint density at radius 2 is 1.74 bits per heavy atom. The van der Waals surface area contributed by atoms with Crippen molar-refractivity contribution in [1.29, 1.82) is 0 Å². The quantitative estimate of drug-likeness (QED) is 0.705. The van der Waals surface area contributed by atoms with Crippen LogP contribution < -0.4 is 19.8 Å². The van der Waals surface area contributed by atoms with Gasteiger partial charge in [0.05, 0.1) is 17.6 Å². The standard InChI is InChI=1S/C21H28N6O3S/c1-31(29,30)24-18-16-17(5-6-19(18)25-10-8-22-9-11-25)21(28)27-14-12-26(13-15-27)20-4-2-3-7-23-20/h2-7,16,22,24H,8-15H2,1H3. The van der Waals surface area contributed by atoms with Crippen molar-refractivity contribution in [2.75, 3.05) is 73.1 Å². The minimum Gasteiger partial charge on any atom is -0.367 e. The zero-order chi connectivity index (χ0) is 21.8. The molecule has 1 amide bonds. The Kier molecular flexibility index (Phi) is 6.28. The fourth-order valence-corrected chi connectivity index (χ4v) is 4.56. The highest BCUT2D eigenvalue weighted by atomic mass is 32.2. The molecule has 0 spiro atoms. The van der Waals surface area contributed by atoms with Gasteiger partial charge in [0.25, 0.3) is 5.91 Å². The van der Waals surface area contributed by atoms with Gasteiger partial charge < -0.3 is 20.0 Å². The summed E-state index contributed by atoms with van der Waals surface area (Å²) in [5.74, 6) is 0.818. The van der Waals surface area contributed by atoms with Crippen LogP contribution >= 0.6 is 0 Å². The van der Waals surface area contributed by atoms with E-state index in [4.69, 9.17) is 0 Å². The average molecular weight is 445 g/mol. The molecule has 2 aliphatic heterocycles. The number of benzene rings is 1. The van der Waals surface area contributed by atoms with Crippen molar-refractivity contribution in [1.82, 2.24) is 15.2 Å². The third-order valence-corrected chi connectivity index (χ3v) is 6.13. The highest BCUT2D eigenvalue weighted by molar-refractivity contribution is 7.92. The average Bonchev–Trinajstić information content (AvgIpc) is 2.79. The fraction of sp³-hybridized carbons (Fsp3) is 0.429. The minimum absolute atomic E-state index is 0.0934. The van der Waals surface area contributed by atoms with Gasteiger partial charge in [0.1, 0.15) is 5.82 Å². The van der Waals surface area contributed by atoms with Crippen LogP contribution in [-0.2, 0) is 10.0 Å². The predicted octanol–water partition coefficient (Wildman–Crippen LogP) is 0.825. The zero-order valence-electron chi connectivity index (χ0n) is 17.6. The summed E-state index contributed by atoms with van der Waals surface area (Å²) in [7, 11) is -3.47. The molecule has 166 valence electrons. The van der Waals surface area contributed by atoms with Gasteiger partial charge in [-0.3, -0.25) is 9.52 Å². The number of aromatic nitrogens is 1. The molecule has 10 heteroatoms. The van der Waals surface area contributed by atoms with Crippen molar-refractivity contribution < 1.29 is 13.2 Å². The van der Waals surface area contributed by atoms with E-state index in [-0.39, 0.29) is 5.91 Å². The molecule has 9 nitrogen and oxygen atoms in total. The van der Waals surface area contributed by atoms with E-state index in [1.807, 2.05) is 29.2 Å². The van der Waals surface area contributed by atoms with Crippen LogP contribution in [0.5, 0.6) is 0 Å². The van der Waals surface area contributed by atoms with Gasteiger partial charge in [0, 0.05) is 64.1 Å². The Morgan fingerprint density at radius 3 is 2.39 bits per heavy atom. The van der Waals surface area contributed by atoms with Gasteiger partial charge in [-0.25, -0.2) is 13.4 Å². The smallest absolute Gasteiger partial charge is 0.254 e. The third-order valence-electron chi connectivity index (χ3n) is 5.54. The van der Waals surface area contributed by atoms with Gasteiger partial charge in [0.2, 0.25) is 10.0 Å². The maximum Gasteiger partial charge on any atom is 0.254 e. The molecule has 0 bridgehead atoms. The highest BCUT2D eigenvalue weighted by Crippen LogP contribution is 2.29. The van der Waals surface area contributed by atoms with Crippen LogP contribution in [0.2, 0.25) is 0 Å². The first kappa shape index (κ1) is 21.4. The number of amides is 1.